The molecular weight excluding hydrogens is 326 g/mol. The largest absolute Gasteiger partial charge is 0.460 e. The van der Waals surface area contributed by atoms with Crippen LogP contribution >= 0.6 is 0 Å². The van der Waals surface area contributed by atoms with Crippen molar-refractivity contribution in [3.8, 4) is 0 Å². The lowest BCUT2D eigenvalue weighted by atomic mass is 10.0. The summed E-state index contributed by atoms with van der Waals surface area (Å²) in [5.74, 6) is 1.14. The first kappa shape index (κ1) is 16.3. The predicted octanol–water partition coefficient (Wildman–Crippen LogP) is 5.54. The van der Waals surface area contributed by atoms with Crippen molar-refractivity contribution >= 4 is 34.1 Å². The van der Waals surface area contributed by atoms with Crippen molar-refractivity contribution in [2.45, 2.75) is 26.7 Å². The van der Waals surface area contributed by atoms with E-state index in [9.17, 15) is 4.79 Å². The lowest BCUT2D eigenvalue weighted by Gasteiger charge is -2.03. The minimum absolute atomic E-state index is 0.229. The molecule has 0 radical (unpaired) electrons. The molecule has 3 heterocycles. The Balaban J connectivity index is 1.94. The van der Waals surface area contributed by atoms with Crippen LogP contribution in [0.5, 0.6) is 0 Å². The molecule has 0 aliphatic carbocycles. The summed E-state index contributed by atoms with van der Waals surface area (Å²) in [5, 5.41) is 1.88. The average Bonchev–Trinajstić information content (AvgIpc) is 2.97. The van der Waals surface area contributed by atoms with Gasteiger partial charge in [0.2, 0.25) is 0 Å². The topological polar surface area (TPSA) is 56.2 Å². The van der Waals surface area contributed by atoms with E-state index in [1.54, 1.807) is 18.3 Å². The highest BCUT2D eigenvalue weighted by molar-refractivity contribution is 5.99. The first-order valence-corrected chi connectivity index (χ1v) is 8.62. The van der Waals surface area contributed by atoms with E-state index in [2.05, 4.69) is 37.9 Å². The minimum Gasteiger partial charge on any atom is -0.460 e. The van der Waals surface area contributed by atoms with E-state index in [-0.39, 0.29) is 11.5 Å². The fraction of sp³-hybridized carbons (Fsp3) is 0.182. The summed E-state index contributed by atoms with van der Waals surface area (Å²) in [6.45, 7) is 6.27. The normalized spacial score (nSPS) is 12.0. The van der Waals surface area contributed by atoms with Crippen molar-refractivity contribution in [1.29, 1.82) is 0 Å². The molecule has 0 saturated carbocycles. The molecule has 3 aromatic heterocycles. The molecule has 26 heavy (non-hydrogen) atoms. The van der Waals surface area contributed by atoms with Crippen LogP contribution in [0.25, 0.3) is 34.1 Å². The summed E-state index contributed by atoms with van der Waals surface area (Å²) >= 11 is 0. The lowest BCUT2D eigenvalue weighted by molar-refractivity contribution is 0.518. The van der Waals surface area contributed by atoms with E-state index in [1.165, 1.54) is 11.6 Å². The number of rotatable bonds is 3. The molecule has 4 aromatic rings. The van der Waals surface area contributed by atoms with Crippen molar-refractivity contribution in [2.24, 2.45) is 0 Å². The molecule has 4 rings (SSSR count). The van der Waals surface area contributed by atoms with Crippen LogP contribution in [-0.4, -0.2) is 4.98 Å². The fourth-order valence-corrected chi connectivity index (χ4v) is 3.12. The Morgan fingerprint density at radius 3 is 2.65 bits per heavy atom. The van der Waals surface area contributed by atoms with Crippen LogP contribution in [0.15, 0.2) is 56.4 Å². The first-order valence-electron chi connectivity index (χ1n) is 8.62. The second-order valence-electron chi connectivity index (χ2n) is 6.74. The van der Waals surface area contributed by atoms with Gasteiger partial charge in [0, 0.05) is 46.8 Å². The van der Waals surface area contributed by atoms with Gasteiger partial charge in [-0.1, -0.05) is 26.0 Å². The SMILES string of the molecule is Cc1ccncc1/C=C/c1c(C(C)C)oc2cc3oc(=O)ccc3cc12. The van der Waals surface area contributed by atoms with Crippen LogP contribution in [0, 0.1) is 6.92 Å². The van der Waals surface area contributed by atoms with E-state index in [1.807, 2.05) is 18.3 Å². The summed E-state index contributed by atoms with van der Waals surface area (Å²) in [6.07, 6.45) is 7.79. The van der Waals surface area contributed by atoms with Crippen LogP contribution in [0.3, 0.4) is 0 Å². The summed E-state index contributed by atoms with van der Waals surface area (Å²) in [7, 11) is 0. The number of nitrogens with zero attached hydrogens (tertiary/aromatic N) is 1. The maximum absolute atomic E-state index is 11.5. The third-order valence-electron chi connectivity index (χ3n) is 4.53. The van der Waals surface area contributed by atoms with Crippen LogP contribution in [0.2, 0.25) is 0 Å². The number of aromatic nitrogens is 1. The molecule has 0 amide bonds. The van der Waals surface area contributed by atoms with Crippen molar-refractivity contribution in [3.63, 3.8) is 0 Å². The van der Waals surface area contributed by atoms with Gasteiger partial charge >= 0.3 is 5.63 Å². The first-order chi connectivity index (χ1) is 12.5. The molecule has 4 nitrogen and oxygen atoms in total. The predicted molar refractivity (Wildman–Crippen MR) is 104 cm³/mol. The molecular formula is C22H19NO3. The van der Waals surface area contributed by atoms with Gasteiger partial charge < -0.3 is 8.83 Å². The molecule has 0 aliphatic heterocycles. The van der Waals surface area contributed by atoms with Gasteiger partial charge in [-0.2, -0.15) is 0 Å². The molecule has 1 aromatic carbocycles. The van der Waals surface area contributed by atoms with Gasteiger partial charge in [-0.25, -0.2) is 4.79 Å². The molecule has 0 spiro atoms. The summed E-state index contributed by atoms with van der Waals surface area (Å²) in [6, 6.07) is 9.02. The number of benzene rings is 1. The molecule has 0 bridgehead atoms. The molecule has 0 N–H and O–H groups in total. The van der Waals surface area contributed by atoms with E-state index >= 15 is 0 Å². The fourth-order valence-electron chi connectivity index (χ4n) is 3.12. The van der Waals surface area contributed by atoms with Crippen molar-refractivity contribution < 1.29 is 8.83 Å². The maximum Gasteiger partial charge on any atom is 0.336 e. The Bertz CT molecular complexity index is 1200. The van der Waals surface area contributed by atoms with Gasteiger partial charge in [0.05, 0.1) is 0 Å². The second kappa shape index (κ2) is 6.30. The quantitative estimate of drug-likeness (QED) is 0.458. The zero-order valence-electron chi connectivity index (χ0n) is 14.9. The smallest absolute Gasteiger partial charge is 0.336 e. The van der Waals surface area contributed by atoms with Gasteiger partial charge in [0.15, 0.2) is 0 Å². The Morgan fingerprint density at radius 1 is 1.04 bits per heavy atom. The number of aryl methyl sites for hydroxylation is 1. The average molecular weight is 345 g/mol. The highest BCUT2D eigenvalue weighted by atomic mass is 16.4. The maximum atomic E-state index is 11.5. The van der Waals surface area contributed by atoms with Crippen molar-refractivity contribution in [2.75, 3.05) is 0 Å². The monoisotopic (exact) mass is 345 g/mol. The van der Waals surface area contributed by atoms with Crippen LogP contribution in [0.1, 0.15) is 42.2 Å². The van der Waals surface area contributed by atoms with Gasteiger partial charge in [-0.15, -0.1) is 0 Å². The molecule has 0 atom stereocenters. The Labute approximate surface area is 150 Å². The van der Waals surface area contributed by atoms with Gasteiger partial charge in [-0.3, -0.25) is 4.98 Å². The van der Waals surface area contributed by atoms with Crippen LogP contribution < -0.4 is 5.63 Å². The van der Waals surface area contributed by atoms with Crippen LogP contribution in [0.4, 0.5) is 0 Å². The van der Waals surface area contributed by atoms with Crippen molar-refractivity contribution in [1.82, 2.24) is 4.98 Å². The summed E-state index contributed by atoms with van der Waals surface area (Å²) < 4.78 is 11.4. The zero-order chi connectivity index (χ0) is 18.3. The molecule has 4 heteroatoms. The standard InChI is InChI=1S/C22H19NO3/c1-13(2)22-17(6-4-16-12-23-9-8-14(16)3)18-10-15-5-7-21(24)25-19(15)11-20(18)26-22/h4-13H,1-3H3/b6-4+. The molecule has 0 aliphatic rings. The van der Waals surface area contributed by atoms with E-state index < -0.39 is 0 Å². The van der Waals surface area contributed by atoms with E-state index in [0.29, 0.717) is 5.58 Å². The number of furan rings is 1. The Hall–Kier alpha value is -3.14. The third kappa shape index (κ3) is 2.84. The lowest BCUT2D eigenvalue weighted by Crippen LogP contribution is -1.93. The molecule has 0 unspecified atom stereocenters. The second-order valence-corrected chi connectivity index (χ2v) is 6.74. The van der Waals surface area contributed by atoms with E-state index in [0.717, 1.165) is 33.2 Å². The third-order valence-corrected chi connectivity index (χ3v) is 4.53. The Morgan fingerprint density at radius 2 is 1.88 bits per heavy atom. The number of hydrogen-bond acceptors (Lipinski definition) is 4. The zero-order valence-corrected chi connectivity index (χ0v) is 14.9. The molecule has 0 fully saturated rings. The summed E-state index contributed by atoms with van der Waals surface area (Å²) in [4.78, 5) is 15.7. The minimum atomic E-state index is -0.361. The highest BCUT2D eigenvalue weighted by Crippen LogP contribution is 2.34. The molecule has 130 valence electrons. The van der Waals surface area contributed by atoms with Crippen molar-refractivity contribution in [3.05, 3.63) is 75.6 Å². The van der Waals surface area contributed by atoms with Crippen LogP contribution in [-0.2, 0) is 0 Å². The number of pyridine rings is 1. The highest BCUT2D eigenvalue weighted by Gasteiger charge is 2.16. The Kier molecular flexibility index (Phi) is 3.96. The summed E-state index contributed by atoms with van der Waals surface area (Å²) in [5.41, 5.74) is 4.18. The van der Waals surface area contributed by atoms with Gasteiger partial charge in [0.25, 0.3) is 0 Å². The number of fused-ring (bicyclic) bond motifs is 2. The molecule has 0 saturated heterocycles. The van der Waals surface area contributed by atoms with E-state index in [4.69, 9.17) is 8.83 Å². The van der Waals surface area contributed by atoms with Gasteiger partial charge in [0.1, 0.15) is 16.9 Å². The van der Waals surface area contributed by atoms with Gasteiger partial charge in [-0.05, 0) is 36.2 Å². The number of hydrogen-bond donors (Lipinski definition) is 0.